The van der Waals surface area contributed by atoms with Crippen molar-refractivity contribution in [2.75, 3.05) is 0 Å². The molecule has 2 nitrogen and oxygen atoms in total. The maximum absolute atomic E-state index is 12.5. The first-order chi connectivity index (χ1) is 8.62. The summed E-state index contributed by atoms with van der Waals surface area (Å²) in [5, 5.41) is 0.547. The summed E-state index contributed by atoms with van der Waals surface area (Å²) >= 11 is 11.5. The number of nitrogens with zero attached hydrogens (tertiary/aromatic N) is 1. The monoisotopic (exact) mass is 313 g/mol. The van der Waals surface area contributed by atoms with Crippen molar-refractivity contribution < 1.29 is 18.0 Å². The Balaban J connectivity index is 2.96. The smallest absolute Gasteiger partial charge is 0.328 e. The van der Waals surface area contributed by atoms with E-state index < -0.39 is 18.1 Å². The predicted octanol–water partition coefficient (Wildman–Crippen LogP) is 4.29. The van der Waals surface area contributed by atoms with Crippen LogP contribution in [0.15, 0.2) is 18.2 Å². The third kappa shape index (κ3) is 4.28. The molecule has 0 N–H and O–H groups in total. The summed E-state index contributed by atoms with van der Waals surface area (Å²) in [4.78, 5) is 12.0. The van der Waals surface area contributed by atoms with Gasteiger partial charge in [-0.25, -0.2) is 0 Å². The van der Waals surface area contributed by atoms with Gasteiger partial charge in [0.2, 0.25) is 0 Å². The molecular formula is C12H12Cl2F3NO. The largest absolute Gasteiger partial charge is 0.471 e. The molecule has 0 saturated carbocycles. The Hall–Kier alpha value is -0.940. The van der Waals surface area contributed by atoms with E-state index in [1.54, 1.807) is 0 Å². The lowest BCUT2D eigenvalue weighted by Gasteiger charge is -2.27. The molecule has 0 atom stereocenters. The molecule has 0 aliphatic carbocycles. The Labute approximate surface area is 119 Å². The van der Waals surface area contributed by atoms with Crippen LogP contribution in [0.3, 0.4) is 0 Å². The van der Waals surface area contributed by atoms with Crippen LogP contribution in [0.4, 0.5) is 13.2 Å². The molecule has 1 aromatic rings. The molecule has 7 heteroatoms. The van der Waals surface area contributed by atoms with Crippen molar-refractivity contribution in [1.82, 2.24) is 4.90 Å². The van der Waals surface area contributed by atoms with E-state index in [1.165, 1.54) is 32.0 Å². The number of benzene rings is 1. The molecule has 0 saturated heterocycles. The van der Waals surface area contributed by atoms with Crippen LogP contribution in [0, 0.1) is 0 Å². The molecule has 0 unspecified atom stereocenters. The summed E-state index contributed by atoms with van der Waals surface area (Å²) in [5.41, 5.74) is 0.487. The minimum Gasteiger partial charge on any atom is -0.328 e. The summed E-state index contributed by atoms with van der Waals surface area (Å²) in [6.07, 6.45) is -4.89. The second-order valence-corrected chi connectivity index (χ2v) is 5.09. The lowest BCUT2D eigenvalue weighted by molar-refractivity contribution is -0.188. The molecule has 0 spiro atoms. The highest BCUT2D eigenvalue weighted by Crippen LogP contribution is 2.25. The Bertz CT molecular complexity index is 475. The highest BCUT2D eigenvalue weighted by molar-refractivity contribution is 6.42. The number of amides is 1. The summed E-state index contributed by atoms with van der Waals surface area (Å²) in [5.74, 6) is -1.87. The zero-order valence-electron chi connectivity index (χ0n) is 10.3. The van der Waals surface area contributed by atoms with E-state index in [0.717, 1.165) is 4.90 Å². The maximum Gasteiger partial charge on any atom is 0.471 e. The lowest BCUT2D eigenvalue weighted by atomic mass is 10.2. The van der Waals surface area contributed by atoms with E-state index in [1.807, 2.05) is 0 Å². The van der Waals surface area contributed by atoms with Gasteiger partial charge < -0.3 is 4.90 Å². The molecule has 1 aromatic carbocycles. The van der Waals surface area contributed by atoms with E-state index in [9.17, 15) is 18.0 Å². The fourth-order valence-electron chi connectivity index (χ4n) is 1.49. The van der Waals surface area contributed by atoms with Gasteiger partial charge in [-0.2, -0.15) is 13.2 Å². The average molecular weight is 314 g/mol. The van der Waals surface area contributed by atoms with E-state index >= 15 is 0 Å². The molecule has 0 fully saturated rings. The molecule has 0 radical (unpaired) electrons. The van der Waals surface area contributed by atoms with Crippen LogP contribution in [0.2, 0.25) is 10.0 Å². The van der Waals surface area contributed by atoms with E-state index in [-0.39, 0.29) is 11.6 Å². The van der Waals surface area contributed by atoms with Gasteiger partial charge in [0.25, 0.3) is 0 Å². The normalized spacial score (nSPS) is 11.8. The van der Waals surface area contributed by atoms with Gasteiger partial charge in [0.15, 0.2) is 0 Å². The fourth-order valence-corrected chi connectivity index (χ4v) is 1.81. The maximum atomic E-state index is 12.5. The summed E-state index contributed by atoms with van der Waals surface area (Å²) < 4.78 is 37.4. The first-order valence-electron chi connectivity index (χ1n) is 5.44. The lowest BCUT2D eigenvalue weighted by Crippen LogP contribution is -2.44. The SMILES string of the molecule is CC(C)N(Cc1ccc(Cl)c(Cl)c1)C(=O)C(F)(F)F. The number of halogens is 5. The molecular weight excluding hydrogens is 302 g/mol. The standard InChI is InChI=1S/C12H12Cl2F3NO/c1-7(2)18(11(19)12(15,16)17)6-8-3-4-9(13)10(14)5-8/h3-5,7H,6H2,1-2H3. The van der Waals surface area contributed by atoms with Gasteiger partial charge in [-0.1, -0.05) is 29.3 Å². The van der Waals surface area contributed by atoms with E-state index in [2.05, 4.69) is 0 Å². The zero-order valence-corrected chi connectivity index (χ0v) is 11.8. The van der Waals surface area contributed by atoms with Gasteiger partial charge in [0, 0.05) is 12.6 Å². The number of hydrogen-bond donors (Lipinski definition) is 0. The van der Waals surface area contributed by atoms with Crippen LogP contribution in [0.1, 0.15) is 19.4 Å². The molecule has 0 bridgehead atoms. The molecule has 0 aliphatic heterocycles. The second kappa shape index (κ2) is 6.01. The number of carbonyl (C=O) groups is 1. The number of carbonyl (C=O) groups excluding carboxylic acids is 1. The van der Waals surface area contributed by atoms with Crippen molar-refractivity contribution in [1.29, 1.82) is 0 Å². The number of hydrogen-bond acceptors (Lipinski definition) is 1. The summed E-state index contributed by atoms with van der Waals surface area (Å²) in [6.45, 7) is 2.86. The molecule has 0 aromatic heterocycles. The van der Waals surface area contributed by atoms with E-state index in [0.29, 0.717) is 10.6 Å². The zero-order chi connectivity index (χ0) is 14.8. The molecule has 1 amide bonds. The van der Waals surface area contributed by atoms with Crippen molar-refractivity contribution >= 4 is 29.1 Å². The first-order valence-corrected chi connectivity index (χ1v) is 6.20. The molecule has 19 heavy (non-hydrogen) atoms. The van der Waals surface area contributed by atoms with Crippen molar-refractivity contribution in [2.45, 2.75) is 32.6 Å². The quantitative estimate of drug-likeness (QED) is 0.815. The summed E-state index contributed by atoms with van der Waals surface area (Å²) in [7, 11) is 0. The van der Waals surface area contributed by atoms with Gasteiger partial charge in [0.05, 0.1) is 10.0 Å². The molecule has 1 rings (SSSR count). The number of alkyl halides is 3. The Kier molecular flexibility index (Phi) is 5.10. The van der Waals surface area contributed by atoms with Crippen molar-refractivity contribution in [3.8, 4) is 0 Å². The first kappa shape index (κ1) is 16.1. The van der Waals surface area contributed by atoms with Gasteiger partial charge in [0.1, 0.15) is 0 Å². The third-order valence-corrected chi connectivity index (χ3v) is 3.20. The fraction of sp³-hybridized carbons (Fsp3) is 0.417. The number of rotatable bonds is 3. The van der Waals surface area contributed by atoms with Gasteiger partial charge in [-0.3, -0.25) is 4.79 Å². The molecule has 106 valence electrons. The van der Waals surface area contributed by atoms with Crippen molar-refractivity contribution in [2.24, 2.45) is 0 Å². The van der Waals surface area contributed by atoms with E-state index in [4.69, 9.17) is 23.2 Å². The summed E-state index contributed by atoms with van der Waals surface area (Å²) in [6, 6.07) is 3.88. The van der Waals surface area contributed by atoms with Crippen LogP contribution < -0.4 is 0 Å². The van der Waals surface area contributed by atoms with Gasteiger partial charge >= 0.3 is 12.1 Å². The van der Waals surface area contributed by atoms with Crippen LogP contribution in [-0.4, -0.2) is 23.0 Å². The Morgan fingerprint density at radius 2 is 1.84 bits per heavy atom. The van der Waals surface area contributed by atoms with Crippen LogP contribution in [-0.2, 0) is 11.3 Å². The van der Waals surface area contributed by atoms with Gasteiger partial charge in [-0.05, 0) is 31.5 Å². The minimum atomic E-state index is -4.89. The predicted molar refractivity (Wildman–Crippen MR) is 68.2 cm³/mol. The van der Waals surface area contributed by atoms with Crippen molar-refractivity contribution in [3.05, 3.63) is 33.8 Å². The highest BCUT2D eigenvalue weighted by atomic mass is 35.5. The van der Waals surface area contributed by atoms with Crippen LogP contribution in [0.25, 0.3) is 0 Å². The highest BCUT2D eigenvalue weighted by Gasteiger charge is 2.43. The van der Waals surface area contributed by atoms with Crippen molar-refractivity contribution in [3.63, 3.8) is 0 Å². The second-order valence-electron chi connectivity index (χ2n) is 4.27. The Morgan fingerprint density at radius 3 is 2.26 bits per heavy atom. The van der Waals surface area contributed by atoms with Gasteiger partial charge in [-0.15, -0.1) is 0 Å². The minimum absolute atomic E-state index is 0.174. The Morgan fingerprint density at radius 1 is 1.26 bits per heavy atom. The molecule has 0 heterocycles. The van der Waals surface area contributed by atoms with Crippen LogP contribution in [0.5, 0.6) is 0 Å². The topological polar surface area (TPSA) is 20.3 Å². The molecule has 0 aliphatic rings. The average Bonchev–Trinajstić information content (AvgIpc) is 2.28. The van der Waals surface area contributed by atoms with Crippen LogP contribution >= 0.6 is 23.2 Å². The third-order valence-electron chi connectivity index (χ3n) is 2.46.